The number of methoxy groups -OCH3 is 1. The van der Waals surface area contributed by atoms with Crippen molar-refractivity contribution < 1.29 is 19.2 Å². The monoisotopic (exact) mass is 329 g/mol. The molecule has 0 bridgehead atoms. The first-order valence-electron chi connectivity index (χ1n) is 6.73. The predicted molar refractivity (Wildman–Crippen MR) is 85.9 cm³/mol. The Morgan fingerprint density at radius 1 is 1.09 bits per heavy atom. The number of carboxylic acids is 1. The molecule has 0 amide bonds. The van der Waals surface area contributed by atoms with Gasteiger partial charge in [0.05, 0.1) is 12.7 Å². The maximum absolute atomic E-state index is 11.4. The number of nitrogens with zero attached hydrogens (tertiary/aromatic N) is 1. The van der Waals surface area contributed by atoms with Crippen molar-refractivity contribution in [2.45, 2.75) is 0 Å². The van der Waals surface area contributed by atoms with E-state index in [1.165, 1.54) is 0 Å². The summed E-state index contributed by atoms with van der Waals surface area (Å²) in [5, 5.41) is 13.6. The van der Waals surface area contributed by atoms with Gasteiger partial charge in [0.1, 0.15) is 5.75 Å². The topological polar surface area (TPSA) is 72.6 Å². The molecule has 2 aromatic carbocycles. The van der Waals surface area contributed by atoms with Gasteiger partial charge in [-0.15, -0.1) is 0 Å². The summed E-state index contributed by atoms with van der Waals surface area (Å²) in [6.07, 6.45) is 0. The minimum Gasteiger partial charge on any atom is -0.497 e. The number of aromatic carboxylic acids is 1. The molecule has 0 saturated heterocycles. The number of halogens is 1. The highest BCUT2D eigenvalue weighted by Crippen LogP contribution is 2.36. The lowest BCUT2D eigenvalue weighted by Crippen LogP contribution is -1.99. The average molecular weight is 330 g/mol. The van der Waals surface area contributed by atoms with Crippen LogP contribution in [0.1, 0.15) is 10.5 Å². The Hall–Kier alpha value is -2.79. The van der Waals surface area contributed by atoms with Crippen molar-refractivity contribution in [3.8, 4) is 28.2 Å². The molecule has 0 spiro atoms. The molecule has 0 aliphatic rings. The molecule has 0 unspecified atom stereocenters. The van der Waals surface area contributed by atoms with Crippen LogP contribution in [-0.2, 0) is 0 Å². The standard InChI is InChI=1S/C17H12ClNO4/c1-22-13-8-4-11(5-9-13)16-14(15(17(20)21)19-23-16)10-2-6-12(18)7-3-10/h2-9H,1H3,(H,20,21). The number of ether oxygens (including phenoxy) is 1. The zero-order chi connectivity index (χ0) is 16.4. The predicted octanol–water partition coefficient (Wildman–Crippen LogP) is 4.37. The molecule has 3 aromatic rings. The minimum absolute atomic E-state index is 0.141. The molecule has 0 radical (unpaired) electrons. The third-order valence-corrected chi connectivity index (χ3v) is 3.63. The maximum atomic E-state index is 11.4. The van der Waals surface area contributed by atoms with E-state index >= 15 is 0 Å². The molecule has 0 atom stereocenters. The van der Waals surface area contributed by atoms with E-state index in [0.29, 0.717) is 33.2 Å². The fourth-order valence-electron chi connectivity index (χ4n) is 2.26. The first-order chi connectivity index (χ1) is 11.1. The Morgan fingerprint density at radius 3 is 2.26 bits per heavy atom. The Morgan fingerprint density at radius 2 is 1.70 bits per heavy atom. The molecular weight excluding hydrogens is 318 g/mol. The van der Waals surface area contributed by atoms with E-state index in [0.717, 1.165) is 0 Å². The third-order valence-electron chi connectivity index (χ3n) is 3.38. The van der Waals surface area contributed by atoms with Crippen molar-refractivity contribution in [3.63, 3.8) is 0 Å². The Labute approximate surface area is 137 Å². The van der Waals surface area contributed by atoms with Gasteiger partial charge in [0.15, 0.2) is 11.5 Å². The Kier molecular flexibility index (Phi) is 4.04. The highest BCUT2D eigenvalue weighted by molar-refractivity contribution is 6.30. The lowest BCUT2D eigenvalue weighted by molar-refractivity contribution is 0.0686. The van der Waals surface area contributed by atoms with Crippen molar-refractivity contribution in [2.75, 3.05) is 7.11 Å². The first kappa shape index (κ1) is 15.1. The highest BCUT2D eigenvalue weighted by Gasteiger charge is 2.23. The summed E-state index contributed by atoms with van der Waals surface area (Å²) in [5.74, 6) is -0.0781. The van der Waals surface area contributed by atoms with Crippen LogP contribution >= 0.6 is 11.6 Å². The molecule has 116 valence electrons. The van der Waals surface area contributed by atoms with Crippen molar-refractivity contribution >= 4 is 17.6 Å². The summed E-state index contributed by atoms with van der Waals surface area (Å²) in [6, 6.07) is 13.9. The highest BCUT2D eigenvalue weighted by atomic mass is 35.5. The second kappa shape index (κ2) is 6.14. The lowest BCUT2D eigenvalue weighted by atomic mass is 9.99. The fourth-order valence-corrected chi connectivity index (χ4v) is 2.39. The maximum Gasteiger partial charge on any atom is 0.358 e. The van der Waals surface area contributed by atoms with Crippen LogP contribution in [0.3, 0.4) is 0 Å². The molecule has 1 aromatic heterocycles. The van der Waals surface area contributed by atoms with Crippen molar-refractivity contribution in [1.29, 1.82) is 0 Å². The van der Waals surface area contributed by atoms with Crippen LogP contribution in [0.5, 0.6) is 5.75 Å². The van der Waals surface area contributed by atoms with Crippen molar-refractivity contribution in [2.24, 2.45) is 0 Å². The molecule has 0 fully saturated rings. The van der Waals surface area contributed by atoms with Gasteiger partial charge in [-0.1, -0.05) is 28.9 Å². The number of rotatable bonds is 4. The van der Waals surface area contributed by atoms with Gasteiger partial charge in [-0.25, -0.2) is 4.79 Å². The molecule has 3 rings (SSSR count). The summed E-state index contributed by atoms with van der Waals surface area (Å²) in [4.78, 5) is 11.4. The van der Waals surface area contributed by atoms with Crippen molar-refractivity contribution in [1.82, 2.24) is 5.16 Å². The number of benzene rings is 2. The zero-order valence-electron chi connectivity index (χ0n) is 12.1. The van der Waals surface area contributed by atoms with Gasteiger partial charge in [0.2, 0.25) is 0 Å². The molecule has 1 heterocycles. The number of aromatic nitrogens is 1. The van der Waals surface area contributed by atoms with E-state index < -0.39 is 5.97 Å². The quantitative estimate of drug-likeness (QED) is 0.769. The minimum atomic E-state index is -1.15. The molecule has 23 heavy (non-hydrogen) atoms. The Bertz CT molecular complexity index is 838. The van der Waals surface area contributed by atoms with Crippen LogP contribution in [0.25, 0.3) is 22.5 Å². The second-order valence-corrected chi connectivity index (χ2v) is 5.21. The van der Waals surface area contributed by atoms with Gasteiger partial charge in [-0.3, -0.25) is 0 Å². The SMILES string of the molecule is COc1ccc(-c2onc(C(=O)O)c2-c2ccc(Cl)cc2)cc1. The number of carbonyl (C=O) groups is 1. The van der Waals surface area contributed by atoms with Gasteiger partial charge >= 0.3 is 5.97 Å². The van der Waals surface area contributed by atoms with E-state index in [-0.39, 0.29) is 5.69 Å². The molecule has 0 aliphatic carbocycles. The summed E-state index contributed by atoms with van der Waals surface area (Å²) in [6.45, 7) is 0. The largest absolute Gasteiger partial charge is 0.497 e. The van der Waals surface area contributed by atoms with E-state index in [2.05, 4.69) is 5.16 Å². The molecule has 6 heteroatoms. The van der Waals surface area contributed by atoms with Gasteiger partial charge in [-0.2, -0.15) is 0 Å². The summed E-state index contributed by atoms with van der Waals surface area (Å²) < 4.78 is 10.4. The first-order valence-corrected chi connectivity index (χ1v) is 7.11. The van der Waals surface area contributed by atoms with Gasteiger partial charge in [0, 0.05) is 10.6 Å². The van der Waals surface area contributed by atoms with Crippen LogP contribution in [0.15, 0.2) is 53.1 Å². The second-order valence-electron chi connectivity index (χ2n) is 4.78. The average Bonchev–Trinajstić information content (AvgIpc) is 3.01. The smallest absolute Gasteiger partial charge is 0.358 e. The van der Waals surface area contributed by atoms with E-state index in [9.17, 15) is 9.90 Å². The normalized spacial score (nSPS) is 10.5. The number of carboxylic acid groups (broad SMARTS) is 1. The fraction of sp³-hybridized carbons (Fsp3) is 0.0588. The molecule has 1 N–H and O–H groups in total. The summed E-state index contributed by atoms with van der Waals surface area (Å²) >= 11 is 5.90. The Balaban J connectivity index is 2.17. The van der Waals surface area contributed by atoms with Crippen LogP contribution in [0, 0.1) is 0 Å². The van der Waals surface area contributed by atoms with Gasteiger partial charge in [0.25, 0.3) is 0 Å². The van der Waals surface area contributed by atoms with Crippen LogP contribution < -0.4 is 4.74 Å². The van der Waals surface area contributed by atoms with E-state index in [1.807, 2.05) is 0 Å². The molecule has 0 saturated carbocycles. The van der Waals surface area contributed by atoms with Crippen LogP contribution in [-0.4, -0.2) is 23.3 Å². The molecular formula is C17H12ClNO4. The zero-order valence-corrected chi connectivity index (χ0v) is 12.9. The van der Waals surface area contributed by atoms with E-state index in [1.54, 1.807) is 55.6 Å². The van der Waals surface area contributed by atoms with Crippen molar-refractivity contribution in [3.05, 3.63) is 59.2 Å². The number of hydrogen-bond donors (Lipinski definition) is 1. The lowest BCUT2D eigenvalue weighted by Gasteiger charge is -2.04. The van der Waals surface area contributed by atoms with Crippen LogP contribution in [0.2, 0.25) is 5.02 Å². The molecule has 0 aliphatic heterocycles. The summed E-state index contributed by atoms with van der Waals surface area (Å²) in [7, 11) is 1.57. The molecule has 5 nitrogen and oxygen atoms in total. The van der Waals surface area contributed by atoms with Gasteiger partial charge < -0.3 is 14.4 Å². The number of hydrogen-bond acceptors (Lipinski definition) is 4. The van der Waals surface area contributed by atoms with E-state index in [4.69, 9.17) is 20.9 Å². The third kappa shape index (κ3) is 2.91. The summed E-state index contributed by atoms with van der Waals surface area (Å²) in [5.41, 5.74) is 1.65. The van der Waals surface area contributed by atoms with Crippen LogP contribution in [0.4, 0.5) is 0 Å². The van der Waals surface area contributed by atoms with Gasteiger partial charge in [-0.05, 0) is 42.0 Å².